The minimum Gasteiger partial charge on any atom is -0.380 e. The first-order valence-electron chi connectivity index (χ1n) is 11.0. The summed E-state index contributed by atoms with van der Waals surface area (Å²) >= 11 is 0. The van der Waals surface area contributed by atoms with Gasteiger partial charge in [-0.05, 0) is 30.7 Å². The molecular formula is C23H27F2N5O3. The average Bonchev–Trinajstić information content (AvgIpc) is 2.83. The van der Waals surface area contributed by atoms with Crippen molar-refractivity contribution in [2.75, 3.05) is 57.9 Å². The molecule has 4 rings (SSSR count). The summed E-state index contributed by atoms with van der Waals surface area (Å²) in [6.07, 6.45) is 1.54. The Bertz CT molecular complexity index is 1160. The summed E-state index contributed by atoms with van der Waals surface area (Å²) < 4.78 is 39.5. The van der Waals surface area contributed by atoms with Crippen molar-refractivity contribution in [1.82, 2.24) is 19.4 Å². The van der Waals surface area contributed by atoms with E-state index < -0.39 is 11.6 Å². The van der Waals surface area contributed by atoms with Crippen LogP contribution in [0.25, 0.3) is 22.3 Å². The number of hydrogen-bond donors (Lipinski definition) is 1. The molecule has 33 heavy (non-hydrogen) atoms. The molecule has 176 valence electrons. The minimum absolute atomic E-state index is 0.223. The minimum atomic E-state index is -0.945. The number of aromatic nitrogens is 3. The summed E-state index contributed by atoms with van der Waals surface area (Å²) in [5.41, 5.74) is 1.61. The van der Waals surface area contributed by atoms with Gasteiger partial charge in [-0.1, -0.05) is 6.07 Å². The SMILES string of the molecule is CCOCCn1c(=O)c(NCCN2CCOCC2)nc2ncc(-c3ccc(F)c(F)c3)cc21. The largest absolute Gasteiger partial charge is 0.380 e. The Balaban J connectivity index is 1.64. The van der Waals surface area contributed by atoms with E-state index in [-0.39, 0.29) is 11.4 Å². The first-order valence-corrected chi connectivity index (χ1v) is 11.0. The van der Waals surface area contributed by atoms with Gasteiger partial charge < -0.3 is 14.8 Å². The lowest BCUT2D eigenvalue weighted by Crippen LogP contribution is -2.39. The van der Waals surface area contributed by atoms with Crippen molar-refractivity contribution >= 4 is 17.0 Å². The van der Waals surface area contributed by atoms with Gasteiger partial charge in [-0.2, -0.15) is 0 Å². The Hall–Kier alpha value is -2.95. The summed E-state index contributed by atoms with van der Waals surface area (Å²) in [7, 11) is 0. The second-order valence-corrected chi connectivity index (χ2v) is 7.69. The third-order valence-corrected chi connectivity index (χ3v) is 5.54. The molecule has 0 amide bonds. The highest BCUT2D eigenvalue weighted by Crippen LogP contribution is 2.24. The standard InChI is InChI=1S/C23H27F2N5O3/c1-2-32-12-9-30-20-14-17(16-3-4-18(24)19(25)13-16)15-27-21(20)28-22(23(30)31)26-5-6-29-7-10-33-11-8-29/h3-4,13-15H,2,5-12H2,1H3,(H,26,27,28). The number of halogens is 2. The molecule has 10 heteroatoms. The van der Waals surface area contributed by atoms with Crippen molar-refractivity contribution in [2.45, 2.75) is 13.5 Å². The van der Waals surface area contributed by atoms with Crippen molar-refractivity contribution < 1.29 is 18.3 Å². The van der Waals surface area contributed by atoms with Crippen LogP contribution >= 0.6 is 0 Å². The van der Waals surface area contributed by atoms with Gasteiger partial charge >= 0.3 is 0 Å². The molecule has 0 saturated carbocycles. The highest BCUT2D eigenvalue weighted by Gasteiger charge is 2.15. The average molecular weight is 459 g/mol. The second-order valence-electron chi connectivity index (χ2n) is 7.69. The van der Waals surface area contributed by atoms with E-state index in [1.165, 1.54) is 12.3 Å². The van der Waals surface area contributed by atoms with E-state index >= 15 is 0 Å². The fourth-order valence-corrected chi connectivity index (χ4v) is 3.75. The predicted molar refractivity (Wildman–Crippen MR) is 121 cm³/mol. The number of nitrogens with zero attached hydrogens (tertiary/aromatic N) is 4. The first-order chi connectivity index (χ1) is 16.1. The van der Waals surface area contributed by atoms with E-state index in [9.17, 15) is 13.6 Å². The van der Waals surface area contributed by atoms with Crippen molar-refractivity contribution in [3.63, 3.8) is 0 Å². The third kappa shape index (κ3) is 5.52. The van der Waals surface area contributed by atoms with Crippen LogP contribution in [0.2, 0.25) is 0 Å². The summed E-state index contributed by atoms with van der Waals surface area (Å²) in [5, 5.41) is 3.14. The molecule has 0 spiro atoms. The normalized spacial score (nSPS) is 14.6. The highest BCUT2D eigenvalue weighted by molar-refractivity contribution is 5.79. The second kappa shape index (κ2) is 10.8. The van der Waals surface area contributed by atoms with Crippen LogP contribution in [-0.2, 0) is 16.0 Å². The van der Waals surface area contributed by atoms with E-state index in [1.807, 2.05) is 6.92 Å². The van der Waals surface area contributed by atoms with Gasteiger partial charge in [-0.3, -0.25) is 14.3 Å². The van der Waals surface area contributed by atoms with Gasteiger partial charge in [0.1, 0.15) is 0 Å². The van der Waals surface area contributed by atoms with E-state index in [0.717, 1.165) is 31.8 Å². The molecule has 3 aromatic rings. The lowest BCUT2D eigenvalue weighted by Gasteiger charge is -2.26. The summed E-state index contributed by atoms with van der Waals surface area (Å²) in [6, 6.07) is 5.36. The summed E-state index contributed by atoms with van der Waals surface area (Å²) in [5.74, 6) is -1.64. The number of ether oxygens (including phenoxy) is 2. The Labute approximate surface area is 190 Å². The van der Waals surface area contributed by atoms with Gasteiger partial charge in [0.15, 0.2) is 23.1 Å². The molecule has 8 nitrogen and oxygen atoms in total. The smallest absolute Gasteiger partial charge is 0.293 e. The van der Waals surface area contributed by atoms with Crippen molar-refractivity contribution in [3.8, 4) is 11.1 Å². The zero-order chi connectivity index (χ0) is 23.2. The molecule has 1 aliphatic heterocycles. The van der Waals surface area contributed by atoms with Crippen LogP contribution in [0, 0.1) is 11.6 Å². The van der Waals surface area contributed by atoms with Gasteiger partial charge in [-0.15, -0.1) is 0 Å². The van der Waals surface area contributed by atoms with E-state index in [4.69, 9.17) is 9.47 Å². The number of fused-ring (bicyclic) bond motifs is 1. The lowest BCUT2D eigenvalue weighted by molar-refractivity contribution is 0.0398. The molecule has 1 fully saturated rings. The Morgan fingerprint density at radius 1 is 1.12 bits per heavy atom. The van der Waals surface area contributed by atoms with Gasteiger partial charge in [0.05, 0.1) is 25.3 Å². The quantitative estimate of drug-likeness (QED) is 0.493. The molecule has 1 aromatic carbocycles. The first kappa shape index (κ1) is 23.2. The molecule has 0 bridgehead atoms. The maximum atomic E-state index is 13.7. The lowest BCUT2D eigenvalue weighted by atomic mass is 10.1. The van der Waals surface area contributed by atoms with Crippen LogP contribution in [0.15, 0.2) is 35.3 Å². The number of pyridine rings is 1. The van der Waals surface area contributed by atoms with Crippen molar-refractivity contribution in [3.05, 3.63) is 52.5 Å². The van der Waals surface area contributed by atoms with E-state index in [1.54, 1.807) is 10.6 Å². The monoisotopic (exact) mass is 459 g/mol. The van der Waals surface area contributed by atoms with Crippen LogP contribution in [0.5, 0.6) is 0 Å². The number of anilines is 1. The Morgan fingerprint density at radius 3 is 2.70 bits per heavy atom. The number of benzene rings is 1. The van der Waals surface area contributed by atoms with E-state index in [0.29, 0.717) is 61.8 Å². The van der Waals surface area contributed by atoms with Crippen LogP contribution in [0.3, 0.4) is 0 Å². The molecule has 1 N–H and O–H groups in total. The molecular weight excluding hydrogens is 432 g/mol. The maximum Gasteiger partial charge on any atom is 0.293 e. The highest BCUT2D eigenvalue weighted by atomic mass is 19.2. The molecule has 1 aliphatic rings. The Kier molecular flexibility index (Phi) is 7.58. The molecule has 0 aliphatic carbocycles. The van der Waals surface area contributed by atoms with Crippen molar-refractivity contribution in [2.24, 2.45) is 0 Å². The number of morpholine rings is 1. The Morgan fingerprint density at radius 2 is 1.94 bits per heavy atom. The predicted octanol–water partition coefficient (Wildman–Crippen LogP) is 2.52. The van der Waals surface area contributed by atoms with Crippen LogP contribution < -0.4 is 10.9 Å². The van der Waals surface area contributed by atoms with Crippen molar-refractivity contribution in [1.29, 1.82) is 0 Å². The molecule has 2 aromatic heterocycles. The van der Waals surface area contributed by atoms with Gasteiger partial charge in [0, 0.05) is 51.1 Å². The van der Waals surface area contributed by atoms with Crippen LogP contribution in [0.4, 0.5) is 14.6 Å². The molecule has 0 atom stereocenters. The summed E-state index contributed by atoms with van der Waals surface area (Å²) in [4.78, 5) is 24.3. The topological polar surface area (TPSA) is 81.5 Å². The number of rotatable bonds is 9. The summed E-state index contributed by atoms with van der Waals surface area (Å²) in [6.45, 7) is 7.54. The molecule has 1 saturated heterocycles. The van der Waals surface area contributed by atoms with Crippen LogP contribution in [-0.4, -0.2) is 72.0 Å². The zero-order valence-corrected chi connectivity index (χ0v) is 18.5. The third-order valence-electron chi connectivity index (χ3n) is 5.54. The van der Waals surface area contributed by atoms with Gasteiger partial charge in [-0.25, -0.2) is 18.7 Å². The number of hydrogen-bond acceptors (Lipinski definition) is 7. The van der Waals surface area contributed by atoms with Crippen LogP contribution in [0.1, 0.15) is 6.92 Å². The number of nitrogens with one attached hydrogen (secondary N) is 1. The van der Waals surface area contributed by atoms with Gasteiger partial charge in [0.2, 0.25) is 0 Å². The van der Waals surface area contributed by atoms with Gasteiger partial charge in [0.25, 0.3) is 5.56 Å². The molecule has 0 unspecified atom stereocenters. The molecule has 0 radical (unpaired) electrons. The molecule has 3 heterocycles. The fourth-order valence-electron chi connectivity index (χ4n) is 3.75. The zero-order valence-electron chi connectivity index (χ0n) is 18.5. The van der Waals surface area contributed by atoms with E-state index in [2.05, 4.69) is 20.2 Å². The fraction of sp³-hybridized carbons (Fsp3) is 0.435. The maximum absolute atomic E-state index is 13.7.